The minimum absolute atomic E-state index is 0.112. The molecule has 17 heavy (non-hydrogen) atoms. The Morgan fingerprint density at radius 1 is 1.12 bits per heavy atom. The standard InChI is InChI=1S/C14H13ClOS/c1-14(2,10-6-4-3-5-7-10)13(16)11-8-9-12(15)17-11/h3-9H,1-2H3. The highest BCUT2D eigenvalue weighted by Crippen LogP contribution is 2.31. The summed E-state index contributed by atoms with van der Waals surface area (Å²) in [6, 6.07) is 13.4. The topological polar surface area (TPSA) is 17.1 Å². The second-order valence-corrected chi connectivity index (χ2v) is 6.14. The maximum atomic E-state index is 12.4. The maximum Gasteiger partial charge on any atom is 0.182 e. The molecule has 0 aliphatic heterocycles. The fourth-order valence-electron chi connectivity index (χ4n) is 1.73. The Bertz CT molecular complexity index is 528. The van der Waals surface area contributed by atoms with Gasteiger partial charge in [-0.05, 0) is 31.5 Å². The molecular formula is C14H13ClOS. The molecule has 0 bridgehead atoms. The minimum atomic E-state index is -0.518. The van der Waals surface area contributed by atoms with E-state index >= 15 is 0 Å². The van der Waals surface area contributed by atoms with Crippen LogP contribution in [0.4, 0.5) is 0 Å². The number of rotatable bonds is 3. The van der Waals surface area contributed by atoms with Crippen LogP contribution in [0, 0.1) is 0 Å². The first-order chi connectivity index (χ1) is 8.01. The van der Waals surface area contributed by atoms with Crippen LogP contribution in [-0.2, 0) is 5.41 Å². The van der Waals surface area contributed by atoms with Crippen molar-refractivity contribution in [3.05, 3.63) is 57.2 Å². The molecule has 0 spiro atoms. The van der Waals surface area contributed by atoms with E-state index in [1.807, 2.05) is 44.2 Å². The number of Topliss-reactive ketones (excluding diaryl/α,β-unsaturated/α-hetero) is 1. The van der Waals surface area contributed by atoms with Crippen molar-refractivity contribution >= 4 is 28.7 Å². The summed E-state index contributed by atoms with van der Waals surface area (Å²) in [4.78, 5) is 13.1. The van der Waals surface area contributed by atoms with Gasteiger partial charge in [0.1, 0.15) is 0 Å². The lowest BCUT2D eigenvalue weighted by Crippen LogP contribution is -2.28. The molecule has 0 radical (unpaired) electrons. The van der Waals surface area contributed by atoms with Gasteiger partial charge in [0.05, 0.1) is 14.6 Å². The third kappa shape index (κ3) is 2.43. The number of carbonyl (C=O) groups excluding carboxylic acids is 1. The summed E-state index contributed by atoms with van der Waals surface area (Å²) in [6.07, 6.45) is 0. The summed E-state index contributed by atoms with van der Waals surface area (Å²) in [5, 5.41) is 0. The van der Waals surface area contributed by atoms with Gasteiger partial charge in [0.15, 0.2) is 5.78 Å². The van der Waals surface area contributed by atoms with E-state index in [1.165, 1.54) is 11.3 Å². The average molecular weight is 265 g/mol. The summed E-state index contributed by atoms with van der Waals surface area (Å²) in [5.74, 6) is 0.112. The average Bonchev–Trinajstić information content (AvgIpc) is 2.76. The van der Waals surface area contributed by atoms with Crippen LogP contribution in [0.3, 0.4) is 0 Å². The van der Waals surface area contributed by atoms with Crippen LogP contribution in [0.5, 0.6) is 0 Å². The Hall–Kier alpha value is -1.12. The first-order valence-corrected chi connectivity index (χ1v) is 6.57. The number of halogens is 1. The van der Waals surface area contributed by atoms with Gasteiger partial charge in [-0.15, -0.1) is 11.3 Å². The fraction of sp³-hybridized carbons (Fsp3) is 0.214. The molecule has 0 saturated heterocycles. The van der Waals surface area contributed by atoms with Crippen LogP contribution in [-0.4, -0.2) is 5.78 Å². The van der Waals surface area contributed by atoms with Crippen molar-refractivity contribution in [1.82, 2.24) is 0 Å². The molecule has 1 heterocycles. The second-order valence-electron chi connectivity index (χ2n) is 4.42. The van der Waals surface area contributed by atoms with E-state index in [-0.39, 0.29) is 5.78 Å². The fourth-order valence-corrected chi connectivity index (χ4v) is 2.87. The summed E-state index contributed by atoms with van der Waals surface area (Å²) in [7, 11) is 0. The Balaban J connectivity index is 2.36. The van der Waals surface area contributed by atoms with E-state index in [0.29, 0.717) is 9.21 Å². The molecule has 1 aromatic heterocycles. The van der Waals surface area contributed by atoms with Crippen molar-refractivity contribution in [1.29, 1.82) is 0 Å². The molecule has 0 fully saturated rings. The van der Waals surface area contributed by atoms with Crippen LogP contribution in [0.2, 0.25) is 4.34 Å². The molecule has 1 nitrogen and oxygen atoms in total. The van der Waals surface area contributed by atoms with Crippen molar-refractivity contribution in [3.63, 3.8) is 0 Å². The number of thiophene rings is 1. The van der Waals surface area contributed by atoms with Crippen LogP contribution >= 0.6 is 22.9 Å². The number of hydrogen-bond acceptors (Lipinski definition) is 2. The molecule has 0 unspecified atom stereocenters. The number of hydrogen-bond donors (Lipinski definition) is 0. The van der Waals surface area contributed by atoms with Gasteiger partial charge in [-0.3, -0.25) is 4.79 Å². The van der Waals surface area contributed by atoms with Gasteiger partial charge in [-0.2, -0.15) is 0 Å². The number of ketones is 1. The van der Waals surface area contributed by atoms with Crippen LogP contribution in [0.1, 0.15) is 29.1 Å². The number of benzene rings is 1. The normalized spacial score (nSPS) is 11.5. The van der Waals surface area contributed by atoms with Gasteiger partial charge >= 0.3 is 0 Å². The van der Waals surface area contributed by atoms with E-state index in [0.717, 1.165) is 5.56 Å². The molecule has 0 amide bonds. The molecule has 0 aliphatic carbocycles. The van der Waals surface area contributed by atoms with Crippen molar-refractivity contribution in [2.24, 2.45) is 0 Å². The van der Waals surface area contributed by atoms with Gasteiger partial charge in [0.25, 0.3) is 0 Å². The Labute approximate surface area is 110 Å². The number of carbonyl (C=O) groups is 1. The lowest BCUT2D eigenvalue weighted by atomic mass is 9.80. The maximum absolute atomic E-state index is 12.4. The van der Waals surface area contributed by atoms with E-state index in [1.54, 1.807) is 12.1 Å². The van der Waals surface area contributed by atoms with Gasteiger partial charge in [-0.25, -0.2) is 0 Å². The quantitative estimate of drug-likeness (QED) is 0.743. The molecule has 2 rings (SSSR count). The zero-order valence-electron chi connectivity index (χ0n) is 9.74. The van der Waals surface area contributed by atoms with Crippen LogP contribution in [0.25, 0.3) is 0 Å². The lowest BCUT2D eigenvalue weighted by Gasteiger charge is -2.22. The molecule has 0 N–H and O–H groups in total. The highest BCUT2D eigenvalue weighted by Gasteiger charge is 2.31. The molecular weight excluding hydrogens is 252 g/mol. The van der Waals surface area contributed by atoms with Crippen molar-refractivity contribution in [2.75, 3.05) is 0 Å². The molecule has 0 atom stereocenters. The van der Waals surface area contributed by atoms with Gasteiger partial charge in [0.2, 0.25) is 0 Å². The molecule has 1 aromatic carbocycles. The molecule has 2 aromatic rings. The predicted octanol–water partition coefficient (Wildman–Crippen LogP) is 4.56. The minimum Gasteiger partial charge on any atom is -0.292 e. The molecule has 88 valence electrons. The zero-order chi connectivity index (χ0) is 12.5. The Kier molecular flexibility index (Phi) is 3.36. The predicted molar refractivity (Wildman–Crippen MR) is 73.1 cm³/mol. The highest BCUT2D eigenvalue weighted by molar-refractivity contribution is 7.18. The summed E-state index contributed by atoms with van der Waals surface area (Å²) in [6.45, 7) is 3.89. The summed E-state index contributed by atoms with van der Waals surface area (Å²) < 4.78 is 0.650. The van der Waals surface area contributed by atoms with E-state index in [9.17, 15) is 4.79 Å². The Morgan fingerprint density at radius 3 is 2.29 bits per heavy atom. The largest absolute Gasteiger partial charge is 0.292 e. The van der Waals surface area contributed by atoms with Crippen LogP contribution < -0.4 is 0 Å². The van der Waals surface area contributed by atoms with Crippen molar-refractivity contribution in [3.8, 4) is 0 Å². The molecule has 0 aliphatic rings. The first kappa shape index (κ1) is 12.3. The van der Waals surface area contributed by atoms with Gasteiger partial charge in [-0.1, -0.05) is 41.9 Å². The molecule has 3 heteroatoms. The molecule has 0 saturated carbocycles. The summed E-state index contributed by atoms with van der Waals surface area (Å²) >= 11 is 7.20. The Morgan fingerprint density at radius 2 is 1.76 bits per heavy atom. The highest BCUT2D eigenvalue weighted by atomic mass is 35.5. The lowest BCUT2D eigenvalue weighted by molar-refractivity contribution is 0.0913. The van der Waals surface area contributed by atoms with Gasteiger partial charge in [0, 0.05) is 0 Å². The van der Waals surface area contributed by atoms with E-state index in [2.05, 4.69) is 0 Å². The monoisotopic (exact) mass is 264 g/mol. The van der Waals surface area contributed by atoms with Crippen molar-refractivity contribution in [2.45, 2.75) is 19.3 Å². The van der Waals surface area contributed by atoms with Crippen LogP contribution in [0.15, 0.2) is 42.5 Å². The SMILES string of the molecule is CC(C)(C(=O)c1ccc(Cl)s1)c1ccccc1. The smallest absolute Gasteiger partial charge is 0.182 e. The zero-order valence-corrected chi connectivity index (χ0v) is 11.3. The third-order valence-corrected chi connectivity index (χ3v) is 4.09. The van der Waals surface area contributed by atoms with E-state index < -0.39 is 5.41 Å². The van der Waals surface area contributed by atoms with Crippen molar-refractivity contribution < 1.29 is 4.79 Å². The van der Waals surface area contributed by atoms with Gasteiger partial charge < -0.3 is 0 Å². The first-order valence-electron chi connectivity index (χ1n) is 5.37. The van der Waals surface area contributed by atoms with E-state index in [4.69, 9.17) is 11.6 Å². The second kappa shape index (κ2) is 4.63. The summed E-state index contributed by atoms with van der Waals surface area (Å²) in [5.41, 5.74) is 0.504. The third-order valence-electron chi connectivity index (χ3n) is 2.86.